The zero-order valence-electron chi connectivity index (χ0n) is 19.4. The third-order valence-electron chi connectivity index (χ3n) is 6.16. The van der Waals surface area contributed by atoms with Crippen LogP contribution in [0.4, 0.5) is 4.79 Å². The first kappa shape index (κ1) is 24.5. The lowest BCUT2D eigenvalue weighted by molar-refractivity contribution is -0.142. The first-order valence-electron chi connectivity index (χ1n) is 11.7. The molecule has 0 aliphatic heterocycles. The van der Waals surface area contributed by atoms with Crippen LogP contribution in [0.25, 0.3) is 11.1 Å². The van der Waals surface area contributed by atoms with Crippen molar-refractivity contribution in [2.24, 2.45) is 0 Å². The highest BCUT2D eigenvalue weighted by Gasteiger charge is 2.31. The fraction of sp³-hybridized carbons (Fsp3) is 0.296. The van der Waals surface area contributed by atoms with E-state index in [0.717, 1.165) is 28.7 Å². The van der Waals surface area contributed by atoms with Crippen LogP contribution < -0.4 is 10.6 Å². The van der Waals surface area contributed by atoms with Crippen LogP contribution in [0.15, 0.2) is 66.0 Å². The number of ether oxygens (including phenoxy) is 1. The molecule has 0 bridgehead atoms. The first-order chi connectivity index (χ1) is 17.0. The van der Waals surface area contributed by atoms with E-state index >= 15 is 0 Å². The second-order valence-electron chi connectivity index (χ2n) is 8.46. The summed E-state index contributed by atoms with van der Waals surface area (Å²) in [6.45, 7) is 2.07. The van der Waals surface area contributed by atoms with Gasteiger partial charge in [-0.05, 0) is 40.1 Å². The monoisotopic (exact) mass is 492 g/mol. The second kappa shape index (κ2) is 11.2. The Balaban J connectivity index is 1.45. The SMILES string of the molecule is CCCCC(NC(=O)C(NC(=O)OCC1c2ccccc2-c2ccccc21)c1cccs1)C(=O)O. The number of alkyl carbamates (subject to hydrolysis) is 1. The second-order valence-corrected chi connectivity index (χ2v) is 9.44. The van der Waals surface area contributed by atoms with Gasteiger partial charge in [-0.1, -0.05) is 74.4 Å². The molecule has 8 heteroatoms. The van der Waals surface area contributed by atoms with Crippen LogP contribution in [0.5, 0.6) is 0 Å². The third-order valence-corrected chi connectivity index (χ3v) is 7.09. The maximum Gasteiger partial charge on any atom is 0.408 e. The number of unbranched alkanes of at least 4 members (excludes halogenated alkanes) is 1. The van der Waals surface area contributed by atoms with Gasteiger partial charge in [-0.25, -0.2) is 9.59 Å². The number of aliphatic carboxylic acids is 1. The van der Waals surface area contributed by atoms with E-state index in [1.807, 2.05) is 43.3 Å². The number of thiophene rings is 1. The number of benzene rings is 2. The van der Waals surface area contributed by atoms with Crippen molar-refractivity contribution in [2.75, 3.05) is 6.61 Å². The van der Waals surface area contributed by atoms with Crippen LogP contribution in [0.1, 0.15) is 54.1 Å². The van der Waals surface area contributed by atoms with Crippen molar-refractivity contribution in [3.63, 3.8) is 0 Å². The minimum atomic E-state index is -1.10. The topological polar surface area (TPSA) is 105 Å². The number of nitrogens with one attached hydrogen (secondary N) is 2. The largest absolute Gasteiger partial charge is 0.480 e. The number of carbonyl (C=O) groups excluding carboxylic acids is 2. The average Bonchev–Trinajstić information content (AvgIpc) is 3.50. The molecule has 182 valence electrons. The van der Waals surface area contributed by atoms with Gasteiger partial charge in [0, 0.05) is 10.8 Å². The fourth-order valence-electron chi connectivity index (χ4n) is 4.40. The smallest absolute Gasteiger partial charge is 0.408 e. The number of carboxylic acid groups (broad SMARTS) is 1. The summed E-state index contributed by atoms with van der Waals surface area (Å²) in [6, 6.07) is 17.5. The van der Waals surface area contributed by atoms with Gasteiger partial charge in [0.05, 0.1) is 0 Å². The number of amides is 2. The molecule has 0 spiro atoms. The predicted octanol–water partition coefficient (Wildman–Crippen LogP) is 5.09. The molecule has 2 aromatic carbocycles. The molecule has 2 atom stereocenters. The van der Waals surface area contributed by atoms with Crippen LogP contribution in [-0.4, -0.2) is 35.7 Å². The van der Waals surface area contributed by atoms with Gasteiger partial charge in [-0.2, -0.15) is 0 Å². The number of hydrogen-bond donors (Lipinski definition) is 3. The molecule has 1 aliphatic carbocycles. The lowest BCUT2D eigenvalue weighted by Gasteiger charge is -2.21. The summed E-state index contributed by atoms with van der Waals surface area (Å²) in [4.78, 5) is 38.0. The highest BCUT2D eigenvalue weighted by atomic mass is 32.1. The van der Waals surface area contributed by atoms with E-state index in [4.69, 9.17) is 4.74 Å². The number of carbonyl (C=O) groups is 3. The summed E-state index contributed by atoms with van der Waals surface area (Å²) >= 11 is 1.30. The van der Waals surface area contributed by atoms with Crippen LogP contribution in [0, 0.1) is 0 Å². The van der Waals surface area contributed by atoms with E-state index in [1.165, 1.54) is 11.3 Å². The zero-order valence-corrected chi connectivity index (χ0v) is 20.2. The van der Waals surface area contributed by atoms with Gasteiger partial charge in [0.2, 0.25) is 5.91 Å². The molecular formula is C27H28N2O5S. The highest BCUT2D eigenvalue weighted by molar-refractivity contribution is 7.10. The molecule has 0 saturated carbocycles. The van der Waals surface area contributed by atoms with Crippen molar-refractivity contribution >= 4 is 29.3 Å². The highest BCUT2D eigenvalue weighted by Crippen LogP contribution is 2.44. The van der Waals surface area contributed by atoms with Crippen molar-refractivity contribution in [3.8, 4) is 11.1 Å². The van der Waals surface area contributed by atoms with Gasteiger partial charge in [0.1, 0.15) is 18.7 Å². The van der Waals surface area contributed by atoms with Gasteiger partial charge in [-0.3, -0.25) is 4.79 Å². The molecule has 1 heterocycles. The number of fused-ring (bicyclic) bond motifs is 3. The fourth-order valence-corrected chi connectivity index (χ4v) is 5.17. The zero-order chi connectivity index (χ0) is 24.8. The first-order valence-corrected chi connectivity index (χ1v) is 12.6. The lowest BCUT2D eigenvalue weighted by Crippen LogP contribution is -2.47. The molecule has 0 saturated heterocycles. The summed E-state index contributed by atoms with van der Waals surface area (Å²) in [5, 5.41) is 16.5. The standard InChI is InChI=1S/C27H28N2O5S/c1-2-3-13-22(26(31)32)28-25(30)24(23-14-8-15-35-23)29-27(33)34-16-21-19-11-6-4-9-17(19)18-10-5-7-12-20(18)21/h4-12,14-15,21-22,24H,2-3,13,16H2,1H3,(H,28,30)(H,29,33)(H,31,32). The quantitative estimate of drug-likeness (QED) is 0.366. The van der Waals surface area contributed by atoms with E-state index in [-0.39, 0.29) is 12.5 Å². The Labute approximate surface area is 208 Å². The van der Waals surface area contributed by atoms with Crippen LogP contribution in [0.3, 0.4) is 0 Å². The molecule has 1 aliphatic rings. The molecule has 3 N–H and O–H groups in total. The molecule has 2 unspecified atom stereocenters. The summed E-state index contributed by atoms with van der Waals surface area (Å²) in [5.41, 5.74) is 4.43. The van der Waals surface area contributed by atoms with Crippen molar-refractivity contribution in [1.82, 2.24) is 10.6 Å². The van der Waals surface area contributed by atoms with Crippen molar-refractivity contribution < 1.29 is 24.2 Å². The Bertz CT molecular complexity index is 1150. The molecule has 35 heavy (non-hydrogen) atoms. The third kappa shape index (κ3) is 5.54. The maximum absolute atomic E-state index is 13.0. The van der Waals surface area contributed by atoms with E-state index in [2.05, 4.69) is 22.8 Å². The average molecular weight is 493 g/mol. The summed E-state index contributed by atoms with van der Waals surface area (Å²) in [5.74, 6) is -1.78. The molecule has 1 aromatic heterocycles. The minimum Gasteiger partial charge on any atom is -0.480 e. The Morgan fingerprint density at radius 2 is 1.63 bits per heavy atom. The predicted molar refractivity (Wildman–Crippen MR) is 134 cm³/mol. The molecule has 2 amide bonds. The Morgan fingerprint density at radius 3 is 2.20 bits per heavy atom. The normalized spacial score (nSPS) is 13.9. The summed E-state index contributed by atoms with van der Waals surface area (Å²) in [6.07, 6.45) is 1.06. The molecule has 3 aromatic rings. The minimum absolute atomic E-state index is 0.104. The molecule has 7 nitrogen and oxygen atoms in total. The van der Waals surface area contributed by atoms with Gasteiger partial charge in [0.25, 0.3) is 0 Å². The van der Waals surface area contributed by atoms with E-state index in [0.29, 0.717) is 17.7 Å². The molecule has 4 rings (SSSR count). The number of carboxylic acids is 1. The Kier molecular flexibility index (Phi) is 7.82. The number of hydrogen-bond acceptors (Lipinski definition) is 5. The van der Waals surface area contributed by atoms with Gasteiger partial charge < -0.3 is 20.5 Å². The van der Waals surface area contributed by atoms with Gasteiger partial charge in [-0.15, -0.1) is 11.3 Å². The molecular weight excluding hydrogens is 464 g/mol. The Morgan fingerprint density at radius 1 is 0.971 bits per heavy atom. The molecule has 0 fully saturated rings. The summed E-state index contributed by atoms with van der Waals surface area (Å²) in [7, 11) is 0. The van der Waals surface area contributed by atoms with Crippen molar-refractivity contribution in [2.45, 2.75) is 44.2 Å². The van der Waals surface area contributed by atoms with Crippen LogP contribution >= 0.6 is 11.3 Å². The van der Waals surface area contributed by atoms with Gasteiger partial charge in [0.15, 0.2) is 0 Å². The lowest BCUT2D eigenvalue weighted by atomic mass is 9.98. The Hall–Kier alpha value is -3.65. The van der Waals surface area contributed by atoms with Crippen molar-refractivity contribution in [3.05, 3.63) is 82.0 Å². The molecule has 0 radical (unpaired) electrons. The van der Waals surface area contributed by atoms with Crippen molar-refractivity contribution in [1.29, 1.82) is 0 Å². The number of rotatable bonds is 10. The van der Waals surface area contributed by atoms with Crippen LogP contribution in [-0.2, 0) is 14.3 Å². The maximum atomic E-state index is 13.0. The van der Waals surface area contributed by atoms with Gasteiger partial charge >= 0.3 is 12.1 Å². The van der Waals surface area contributed by atoms with E-state index < -0.39 is 30.1 Å². The van der Waals surface area contributed by atoms with E-state index in [1.54, 1.807) is 17.5 Å². The van der Waals surface area contributed by atoms with E-state index in [9.17, 15) is 19.5 Å². The van der Waals surface area contributed by atoms with Crippen LogP contribution in [0.2, 0.25) is 0 Å². The summed E-state index contributed by atoms with van der Waals surface area (Å²) < 4.78 is 5.59.